The van der Waals surface area contributed by atoms with Crippen molar-refractivity contribution in [2.24, 2.45) is 11.3 Å². The lowest BCUT2D eigenvalue weighted by Crippen LogP contribution is -2.57. The summed E-state index contributed by atoms with van der Waals surface area (Å²) in [6.45, 7) is 0. The van der Waals surface area contributed by atoms with Crippen LogP contribution < -0.4 is 5.32 Å². The third-order valence-corrected chi connectivity index (χ3v) is 9.14. The number of alkyl halides is 3. The maximum atomic E-state index is 14.1. The zero-order valence-electron chi connectivity index (χ0n) is 21.3. The van der Waals surface area contributed by atoms with Gasteiger partial charge in [0.1, 0.15) is 0 Å². The van der Waals surface area contributed by atoms with Crippen LogP contribution >= 0.6 is 11.8 Å². The van der Waals surface area contributed by atoms with Crippen LogP contribution in [0.4, 0.5) is 22.0 Å². The number of fused-ring (bicyclic) bond motifs is 1. The quantitative estimate of drug-likeness (QED) is 0.203. The molecule has 4 aromatic rings. The Labute approximate surface area is 235 Å². The molecule has 3 aromatic carbocycles. The van der Waals surface area contributed by atoms with Crippen LogP contribution in [0.3, 0.4) is 0 Å². The van der Waals surface area contributed by atoms with Gasteiger partial charge in [-0.1, -0.05) is 23.9 Å². The first-order chi connectivity index (χ1) is 19.4. The van der Waals surface area contributed by atoms with Crippen LogP contribution in [0, 0.1) is 23.0 Å². The molecule has 5 nitrogen and oxygen atoms in total. The number of carbonyl (C=O) groups excluding carboxylic acids is 1. The Balaban J connectivity index is 1.32. The van der Waals surface area contributed by atoms with Gasteiger partial charge < -0.3 is 15.4 Å². The Morgan fingerprint density at radius 2 is 1.66 bits per heavy atom. The first-order valence-corrected chi connectivity index (χ1v) is 13.7. The van der Waals surface area contributed by atoms with E-state index in [4.69, 9.17) is 0 Å². The van der Waals surface area contributed by atoms with Crippen molar-refractivity contribution in [1.29, 1.82) is 0 Å². The van der Waals surface area contributed by atoms with Crippen LogP contribution in [-0.4, -0.2) is 28.0 Å². The van der Waals surface area contributed by atoms with Gasteiger partial charge in [0.2, 0.25) is 0 Å². The molecule has 0 saturated heterocycles. The number of hydrogen-bond acceptors (Lipinski definition) is 3. The Bertz CT molecular complexity index is 1670. The van der Waals surface area contributed by atoms with Crippen LogP contribution in [0.25, 0.3) is 22.0 Å². The molecule has 1 spiro atoms. The van der Waals surface area contributed by atoms with E-state index in [1.807, 2.05) is 0 Å². The van der Waals surface area contributed by atoms with E-state index in [1.165, 1.54) is 30.0 Å². The number of nitrogens with one attached hydrogen (secondary N) is 2. The van der Waals surface area contributed by atoms with E-state index in [1.54, 1.807) is 18.3 Å². The van der Waals surface area contributed by atoms with Gasteiger partial charge in [0, 0.05) is 38.5 Å². The Hall–Kier alpha value is -3.86. The Morgan fingerprint density at radius 3 is 2.29 bits per heavy atom. The van der Waals surface area contributed by atoms with Crippen LogP contribution in [0.5, 0.6) is 0 Å². The summed E-state index contributed by atoms with van der Waals surface area (Å²) in [6, 6.07) is 11.3. The molecule has 6 rings (SSSR count). The molecule has 2 aliphatic rings. The monoisotopic (exact) mass is 586 g/mol. The van der Waals surface area contributed by atoms with E-state index in [0.29, 0.717) is 63.1 Å². The van der Waals surface area contributed by atoms with Crippen LogP contribution in [0.15, 0.2) is 70.6 Å². The average Bonchev–Trinajstić information content (AvgIpc) is 3.29. The predicted molar refractivity (Wildman–Crippen MR) is 142 cm³/mol. The minimum atomic E-state index is -4.47. The van der Waals surface area contributed by atoms with Gasteiger partial charge in [0.05, 0.1) is 17.0 Å². The van der Waals surface area contributed by atoms with E-state index in [-0.39, 0.29) is 23.3 Å². The van der Waals surface area contributed by atoms with Gasteiger partial charge in [0.25, 0.3) is 5.91 Å². The second-order valence-corrected chi connectivity index (χ2v) is 12.0. The van der Waals surface area contributed by atoms with E-state index in [9.17, 15) is 36.6 Å². The van der Waals surface area contributed by atoms with Gasteiger partial charge in [-0.15, -0.1) is 0 Å². The van der Waals surface area contributed by atoms with Crippen molar-refractivity contribution in [2.45, 2.75) is 47.7 Å². The molecule has 1 heterocycles. The highest BCUT2D eigenvalue weighted by molar-refractivity contribution is 7.99. The topological polar surface area (TPSA) is 82.2 Å². The summed E-state index contributed by atoms with van der Waals surface area (Å²) in [5.41, 5.74) is 0.899. The molecule has 0 atom stereocenters. The summed E-state index contributed by atoms with van der Waals surface area (Å²) in [6.07, 6.45) is -0.242. The number of carboxylic acid groups (broad SMARTS) is 1. The van der Waals surface area contributed by atoms with Crippen molar-refractivity contribution in [3.05, 3.63) is 83.6 Å². The summed E-state index contributed by atoms with van der Waals surface area (Å²) >= 11 is 1.17. The maximum Gasteiger partial charge on any atom is 0.416 e. The summed E-state index contributed by atoms with van der Waals surface area (Å²) in [4.78, 5) is 28.9. The molecule has 2 saturated carbocycles. The molecule has 11 heteroatoms. The molecule has 3 N–H and O–H groups in total. The molecule has 2 aliphatic carbocycles. The summed E-state index contributed by atoms with van der Waals surface area (Å²) in [5.74, 6) is -3.50. The fourth-order valence-corrected chi connectivity index (χ4v) is 7.03. The molecule has 0 bridgehead atoms. The summed E-state index contributed by atoms with van der Waals surface area (Å²) < 4.78 is 66.8. The fourth-order valence-electron chi connectivity index (χ4n) is 6.08. The number of aromatic nitrogens is 1. The molecule has 1 aromatic heterocycles. The number of rotatable bonds is 6. The first-order valence-electron chi connectivity index (χ1n) is 12.9. The number of carboxylic acids is 1. The molecular weight excluding hydrogens is 563 g/mol. The van der Waals surface area contributed by atoms with E-state index in [0.717, 1.165) is 24.3 Å². The minimum absolute atomic E-state index is 0.0372. The van der Waals surface area contributed by atoms with Crippen molar-refractivity contribution in [2.75, 3.05) is 0 Å². The van der Waals surface area contributed by atoms with Gasteiger partial charge in [-0.2, -0.15) is 13.2 Å². The number of aliphatic carboxylic acids is 1. The highest BCUT2D eigenvalue weighted by atomic mass is 32.2. The average molecular weight is 587 g/mol. The van der Waals surface area contributed by atoms with Crippen molar-refractivity contribution in [3.63, 3.8) is 0 Å². The molecule has 2 fully saturated rings. The van der Waals surface area contributed by atoms with E-state index < -0.39 is 29.3 Å². The number of carbonyl (C=O) groups is 2. The highest BCUT2D eigenvalue weighted by Gasteiger charge is 2.55. The van der Waals surface area contributed by atoms with Gasteiger partial charge in [-0.05, 0) is 79.1 Å². The van der Waals surface area contributed by atoms with Crippen LogP contribution in [0.1, 0.15) is 41.6 Å². The number of aromatic amines is 1. The van der Waals surface area contributed by atoms with Crippen LogP contribution in [-0.2, 0) is 11.0 Å². The third-order valence-electron chi connectivity index (χ3n) is 8.09. The normalized spacial score (nSPS) is 21.9. The Kier molecular flexibility index (Phi) is 6.60. The lowest BCUT2D eigenvalue weighted by Gasteiger charge is -2.56. The lowest BCUT2D eigenvalue weighted by atomic mass is 9.50. The zero-order chi connectivity index (χ0) is 29.1. The second kappa shape index (κ2) is 9.90. The minimum Gasteiger partial charge on any atom is -0.481 e. The first kappa shape index (κ1) is 27.3. The van der Waals surface area contributed by atoms with Gasteiger partial charge in [-0.3, -0.25) is 9.59 Å². The lowest BCUT2D eigenvalue weighted by molar-refractivity contribution is -0.155. The molecule has 41 heavy (non-hydrogen) atoms. The van der Waals surface area contributed by atoms with E-state index in [2.05, 4.69) is 10.3 Å². The molecule has 0 aliphatic heterocycles. The highest BCUT2D eigenvalue weighted by Crippen LogP contribution is 2.58. The number of hydrogen-bond donors (Lipinski definition) is 3. The number of amides is 1. The van der Waals surface area contributed by atoms with Gasteiger partial charge in [-0.25, -0.2) is 8.78 Å². The fraction of sp³-hybridized carbons (Fsp3) is 0.267. The number of halogens is 5. The SMILES string of the molecule is O=C(NC1CC2(C1)CC(C(=O)O)C2)c1ccc(-c2ccc(F)c(F)c2)c2[nH]cc(Sc3ccc(C(F)(F)F)cc3)c12. The number of H-pyrrole nitrogens is 1. The largest absolute Gasteiger partial charge is 0.481 e. The van der Waals surface area contributed by atoms with Crippen LogP contribution in [0.2, 0.25) is 0 Å². The predicted octanol–water partition coefficient (Wildman–Crippen LogP) is 7.66. The molecule has 0 radical (unpaired) electrons. The Morgan fingerprint density at radius 1 is 0.951 bits per heavy atom. The second-order valence-electron chi connectivity index (χ2n) is 10.8. The standard InChI is InChI=1S/C30H23F5N2O3S/c31-22-8-1-15(9-23(22)32)20-6-7-21(27(38)37-18-12-29(13-18)10-16(11-29)28(39)40)25-24(14-36-26(20)25)41-19-4-2-17(3-5-19)30(33,34)35/h1-9,14,16,18,36H,10-13H2,(H,37,38)(H,39,40). The molecule has 212 valence electrons. The van der Waals surface area contributed by atoms with Crippen molar-refractivity contribution >= 4 is 34.5 Å². The molecular formula is C30H23F5N2O3S. The summed E-state index contributed by atoms with van der Waals surface area (Å²) in [7, 11) is 0. The van der Waals surface area contributed by atoms with Crippen molar-refractivity contribution in [1.82, 2.24) is 10.3 Å². The van der Waals surface area contributed by atoms with Crippen molar-refractivity contribution in [3.8, 4) is 11.1 Å². The third kappa shape index (κ3) is 5.07. The van der Waals surface area contributed by atoms with E-state index >= 15 is 0 Å². The van der Waals surface area contributed by atoms with Gasteiger partial charge in [0.15, 0.2) is 11.6 Å². The summed E-state index contributed by atoms with van der Waals surface area (Å²) in [5, 5.41) is 12.7. The van der Waals surface area contributed by atoms with Gasteiger partial charge >= 0.3 is 12.1 Å². The van der Waals surface area contributed by atoms with Crippen molar-refractivity contribution < 1.29 is 36.6 Å². The maximum absolute atomic E-state index is 14.1. The smallest absolute Gasteiger partial charge is 0.416 e. The zero-order valence-corrected chi connectivity index (χ0v) is 22.1. The number of benzene rings is 3. The molecule has 0 unspecified atom stereocenters. The molecule has 1 amide bonds.